The van der Waals surface area contributed by atoms with Gasteiger partial charge in [-0.15, -0.1) is 0 Å². The highest BCUT2D eigenvalue weighted by Crippen LogP contribution is 2.57. The zero-order valence-electron chi connectivity index (χ0n) is 10.5. The summed E-state index contributed by atoms with van der Waals surface area (Å²) in [5.74, 6) is 0. The predicted molar refractivity (Wildman–Crippen MR) is 83.8 cm³/mol. The van der Waals surface area contributed by atoms with Crippen LogP contribution in [0.25, 0.3) is 11.1 Å². The lowest BCUT2D eigenvalue weighted by molar-refractivity contribution is 0.550. The van der Waals surface area contributed by atoms with E-state index in [9.17, 15) is 0 Å². The molecule has 4 rings (SSSR count). The fraction of sp³-hybridized carbons (Fsp3) is 0.294. The van der Waals surface area contributed by atoms with Crippen molar-refractivity contribution in [3.8, 4) is 11.1 Å². The van der Waals surface area contributed by atoms with Crippen LogP contribution >= 0.6 is 27.5 Å². The Bertz CT molecular complexity index is 615. The number of benzene rings is 2. The Kier molecular flexibility index (Phi) is 2.59. The fourth-order valence-corrected chi connectivity index (χ4v) is 4.51. The first kappa shape index (κ1) is 12.0. The molecular formula is C17H14BrCl. The molecule has 1 fully saturated rings. The van der Waals surface area contributed by atoms with E-state index in [0.29, 0.717) is 0 Å². The van der Waals surface area contributed by atoms with Crippen LogP contribution < -0.4 is 0 Å². The Morgan fingerprint density at radius 1 is 0.895 bits per heavy atom. The van der Waals surface area contributed by atoms with Crippen molar-refractivity contribution in [2.24, 2.45) is 0 Å². The zero-order valence-corrected chi connectivity index (χ0v) is 12.9. The van der Waals surface area contributed by atoms with Crippen LogP contribution in [0.3, 0.4) is 0 Å². The third-order valence-corrected chi connectivity index (χ3v) is 5.47. The largest absolute Gasteiger partial charge is 0.0843 e. The maximum absolute atomic E-state index is 6.21. The maximum atomic E-state index is 6.21. The van der Waals surface area contributed by atoms with Gasteiger partial charge in [0.1, 0.15) is 0 Å². The van der Waals surface area contributed by atoms with Crippen LogP contribution in [-0.4, -0.2) is 0 Å². The molecule has 0 aliphatic heterocycles. The predicted octanol–water partition coefficient (Wildman–Crippen LogP) is 5.94. The van der Waals surface area contributed by atoms with Gasteiger partial charge in [-0.3, -0.25) is 0 Å². The Morgan fingerprint density at radius 3 is 2.26 bits per heavy atom. The third kappa shape index (κ3) is 1.58. The van der Waals surface area contributed by atoms with E-state index < -0.39 is 0 Å². The molecule has 0 heterocycles. The molecule has 96 valence electrons. The van der Waals surface area contributed by atoms with E-state index in [1.165, 1.54) is 47.9 Å². The van der Waals surface area contributed by atoms with Gasteiger partial charge in [0.2, 0.25) is 0 Å². The molecule has 0 radical (unpaired) electrons. The van der Waals surface area contributed by atoms with E-state index >= 15 is 0 Å². The second-order valence-corrected chi connectivity index (χ2v) is 7.02. The molecule has 0 nitrogen and oxygen atoms in total. The lowest BCUT2D eigenvalue weighted by Crippen LogP contribution is -2.20. The van der Waals surface area contributed by atoms with Crippen molar-refractivity contribution in [2.75, 3.05) is 0 Å². The van der Waals surface area contributed by atoms with Crippen LogP contribution in [0.15, 0.2) is 40.9 Å². The van der Waals surface area contributed by atoms with Gasteiger partial charge in [-0.2, -0.15) is 0 Å². The van der Waals surface area contributed by atoms with E-state index in [0.717, 1.165) is 9.50 Å². The van der Waals surface area contributed by atoms with Crippen molar-refractivity contribution in [1.82, 2.24) is 0 Å². The Hall–Kier alpha value is -0.790. The van der Waals surface area contributed by atoms with Crippen LogP contribution in [0.1, 0.15) is 36.8 Å². The summed E-state index contributed by atoms with van der Waals surface area (Å²) in [6, 6.07) is 13.1. The fourth-order valence-electron chi connectivity index (χ4n) is 3.98. The van der Waals surface area contributed by atoms with Gasteiger partial charge in [-0.05, 0) is 59.4 Å². The standard InChI is InChI=1S/C17H14BrCl/c18-11-3-5-15-13(9-11)14-10-12(19)4-6-16(14)17(15)7-1-2-8-17/h3-6,9-10H,1-2,7-8H2. The highest BCUT2D eigenvalue weighted by Gasteiger charge is 2.44. The number of halogens is 2. The monoisotopic (exact) mass is 332 g/mol. The molecule has 0 amide bonds. The maximum Gasteiger partial charge on any atom is 0.0412 e. The van der Waals surface area contributed by atoms with E-state index in [1.807, 2.05) is 6.07 Å². The first-order valence-electron chi connectivity index (χ1n) is 6.81. The van der Waals surface area contributed by atoms with Crippen molar-refractivity contribution in [3.05, 3.63) is 57.0 Å². The van der Waals surface area contributed by atoms with E-state index in [4.69, 9.17) is 11.6 Å². The Balaban J connectivity index is 2.07. The van der Waals surface area contributed by atoms with Crippen LogP contribution in [-0.2, 0) is 5.41 Å². The molecule has 2 heteroatoms. The molecule has 0 saturated heterocycles. The molecule has 0 aromatic heterocycles. The van der Waals surface area contributed by atoms with Crippen LogP contribution in [0.5, 0.6) is 0 Å². The van der Waals surface area contributed by atoms with E-state index in [1.54, 1.807) is 0 Å². The van der Waals surface area contributed by atoms with Gasteiger partial charge in [-0.25, -0.2) is 0 Å². The SMILES string of the molecule is Clc1ccc2c(c1)-c1cc(Br)ccc1C21CCCC1. The van der Waals surface area contributed by atoms with Gasteiger partial charge < -0.3 is 0 Å². The zero-order chi connectivity index (χ0) is 13.0. The van der Waals surface area contributed by atoms with Gasteiger partial charge in [0.15, 0.2) is 0 Å². The molecule has 1 saturated carbocycles. The van der Waals surface area contributed by atoms with E-state index in [-0.39, 0.29) is 5.41 Å². The highest BCUT2D eigenvalue weighted by molar-refractivity contribution is 9.10. The quantitative estimate of drug-likeness (QED) is 0.559. The summed E-state index contributed by atoms with van der Waals surface area (Å²) in [6.45, 7) is 0. The van der Waals surface area contributed by atoms with Gasteiger partial charge in [0.05, 0.1) is 0 Å². The first-order valence-corrected chi connectivity index (χ1v) is 7.98. The lowest BCUT2D eigenvalue weighted by Gasteiger charge is -2.26. The molecule has 1 spiro atoms. The van der Waals surface area contributed by atoms with Gasteiger partial charge in [-0.1, -0.05) is 52.5 Å². The lowest BCUT2D eigenvalue weighted by atomic mass is 9.77. The number of rotatable bonds is 0. The minimum absolute atomic E-state index is 0.260. The van der Waals surface area contributed by atoms with E-state index in [2.05, 4.69) is 46.3 Å². The average Bonchev–Trinajstić information content (AvgIpc) is 2.97. The molecule has 2 aliphatic rings. The number of hydrogen-bond donors (Lipinski definition) is 0. The average molecular weight is 334 g/mol. The summed E-state index contributed by atoms with van der Waals surface area (Å²) in [5.41, 5.74) is 5.96. The molecule has 2 aromatic carbocycles. The van der Waals surface area contributed by atoms with Crippen molar-refractivity contribution in [3.63, 3.8) is 0 Å². The molecular weight excluding hydrogens is 320 g/mol. The molecule has 2 aliphatic carbocycles. The molecule has 0 N–H and O–H groups in total. The molecule has 0 bridgehead atoms. The first-order chi connectivity index (χ1) is 9.21. The second-order valence-electron chi connectivity index (χ2n) is 5.67. The van der Waals surface area contributed by atoms with Crippen LogP contribution in [0.4, 0.5) is 0 Å². The van der Waals surface area contributed by atoms with Crippen LogP contribution in [0.2, 0.25) is 5.02 Å². The normalized spacial score (nSPS) is 18.6. The van der Waals surface area contributed by atoms with Gasteiger partial charge in [0, 0.05) is 14.9 Å². The van der Waals surface area contributed by atoms with Crippen LogP contribution in [0, 0.1) is 0 Å². The summed E-state index contributed by atoms with van der Waals surface area (Å²) in [6.07, 6.45) is 5.21. The molecule has 19 heavy (non-hydrogen) atoms. The van der Waals surface area contributed by atoms with Crippen molar-refractivity contribution < 1.29 is 0 Å². The van der Waals surface area contributed by atoms with Gasteiger partial charge >= 0.3 is 0 Å². The molecule has 0 unspecified atom stereocenters. The third-order valence-electron chi connectivity index (χ3n) is 4.74. The summed E-state index contributed by atoms with van der Waals surface area (Å²) in [4.78, 5) is 0. The Labute approximate surface area is 126 Å². The van der Waals surface area contributed by atoms with Crippen molar-refractivity contribution in [2.45, 2.75) is 31.1 Å². The smallest absolute Gasteiger partial charge is 0.0412 e. The van der Waals surface area contributed by atoms with Gasteiger partial charge in [0.25, 0.3) is 0 Å². The van der Waals surface area contributed by atoms with Crippen molar-refractivity contribution in [1.29, 1.82) is 0 Å². The minimum atomic E-state index is 0.260. The number of hydrogen-bond acceptors (Lipinski definition) is 0. The Morgan fingerprint density at radius 2 is 1.53 bits per heavy atom. The summed E-state index contributed by atoms with van der Waals surface area (Å²) in [7, 11) is 0. The molecule has 0 atom stereocenters. The summed E-state index contributed by atoms with van der Waals surface area (Å²) in [5, 5.41) is 0.833. The number of fused-ring (bicyclic) bond motifs is 5. The summed E-state index contributed by atoms with van der Waals surface area (Å²) < 4.78 is 1.15. The topological polar surface area (TPSA) is 0 Å². The van der Waals surface area contributed by atoms with Crippen molar-refractivity contribution >= 4 is 27.5 Å². The summed E-state index contributed by atoms with van der Waals surface area (Å²) >= 11 is 9.81. The minimum Gasteiger partial charge on any atom is -0.0843 e. The molecule has 2 aromatic rings. The second kappa shape index (κ2) is 4.10. The highest BCUT2D eigenvalue weighted by atomic mass is 79.9.